The molecule has 1 aromatic carbocycles. The third-order valence-corrected chi connectivity index (χ3v) is 1.97. The molecule has 0 aliphatic heterocycles. The summed E-state index contributed by atoms with van der Waals surface area (Å²) in [4.78, 5) is 11.2. The second-order valence-corrected chi connectivity index (χ2v) is 3.01. The van der Waals surface area contributed by atoms with Crippen molar-refractivity contribution >= 4 is 5.97 Å². The zero-order valence-corrected chi connectivity index (χ0v) is 9.17. The summed E-state index contributed by atoms with van der Waals surface area (Å²) >= 11 is 0. The molecule has 1 aromatic rings. The minimum Gasteiger partial charge on any atom is -0.467 e. The molecular weight excluding hydrogens is 212 g/mol. The van der Waals surface area contributed by atoms with E-state index in [0.717, 1.165) is 0 Å². The molecule has 16 heavy (non-hydrogen) atoms. The van der Waals surface area contributed by atoms with E-state index < -0.39 is 12.1 Å². The Morgan fingerprint density at radius 1 is 1.38 bits per heavy atom. The van der Waals surface area contributed by atoms with Crippen molar-refractivity contribution in [2.45, 2.75) is 6.10 Å². The van der Waals surface area contributed by atoms with Gasteiger partial charge in [-0.2, -0.15) is 0 Å². The van der Waals surface area contributed by atoms with Crippen molar-refractivity contribution in [2.24, 2.45) is 0 Å². The number of methoxy groups -OCH3 is 2. The average Bonchev–Trinajstić information content (AvgIpc) is 2.34. The fourth-order valence-corrected chi connectivity index (χ4v) is 1.20. The van der Waals surface area contributed by atoms with Gasteiger partial charge in [0.15, 0.2) is 12.9 Å². The van der Waals surface area contributed by atoms with Gasteiger partial charge in [-0.05, 0) is 6.07 Å². The first-order valence-corrected chi connectivity index (χ1v) is 4.67. The van der Waals surface area contributed by atoms with E-state index in [4.69, 9.17) is 9.47 Å². The summed E-state index contributed by atoms with van der Waals surface area (Å²) in [5.41, 5.74) is 0.353. The van der Waals surface area contributed by atoms with Crippen LogP contribution in [0.3, 0.4) is 0 Å². The van der Waals surface area contributed by atoms with E-state index in [1.807, 2.05) is 0 Å². The van der Waals surface area contributed by atoms with Gasteiger partial charge in [0.05, 0.1) is 7.11 Å². The monoisotopic (exact) mass is 226 g/mol. The van der Waals surface area contributed by atoms with Crippen LogP contribution >= 0.6 is 0 Å². The van der Waals surface area contributed by atoms with Crippen LogP contribution in [-0.2, 0) is 14.3 Å². The Morgan fingerprint density at radius 3 is 2.69 bits per heavy atom. The highest BCUT2D eigenvalue weighted by Gasteiger charge is 2.21. The standard InChI is InChI=1S/C11H14O5/c1-14-7-16-9-6-4-3-5-8(9)10(12)11(13)15-2/h3-6,10,12H,7H2,1-2H3. The van der Waals surface area contributed by atoms with Crippen LogP contribution in [0.4, 0.5) is 0 Å². The van der Waals surface area contributed by atoms with E-state index in [0.29, 0.717) is 11.3 Å². The number of benzene rings is 1. The van der Waals surface area contributed by atoms with Gasteiger partial charge in [0.1, 0.15) is 5.75 Å². The quantitative estimate of drug-likeness (QED) is 0.596. The molecule has 5 heteroatoms. The number of aliphatic hydroxyl groups excluding tert-OH is 1. The van der Waals surface area contributed by atoms with Crippen molar-refractivity contribution in [1.82, 2.24) is 0 Å². The number of carbonyl (C=O) groups is 1. The van der Waals surface area contributed by atoms with Gasteiger partial charge in [0, 0.05) is 12.7 Å². The van der Waals surface area contributed by atoms with Crippen LogP contribution in [-0.4, -0.2) is 32.1 Å². The Labute approximate surface area is 93.6 Å². The first kappa shape index (κ1) is 12.5. The number of rotatable bonds is 5. The second-order valence-electron chi connectivity index (χ2n) is 3.01. The first-order chi connectivity index (χ1) is 7.70. The van der Waals surface area contributed by atoms with Crippen LogP contribution in [0.1, 0.15) is 11.7 Å². The predicted octanol–water partition coefficient (Wildman–Crippen LogP) is 0.876. The molecule has 0 radical (unpaired) electrons. The molecule has 0 spiro atoms. The lowest BCUT2D eigenvalue weighted by Crippen LogP contribution is -2.15. The Balaban J connectivity index is 2.89. The van der Waals surface area contributed by atoms with E-state index in [2.05, 4.69) is 4.74 Å². The van der Waals surface area contributed by atoms with Crippen molar-refractivity contribution < 1.29 is 24.1 Å². The molecule has 0 amide bonds. The van der Waals surface area contributed by atoms with Gasteiger partial charge in [-0.25, -0.2) is 4.79 Å². The van der Waals surface area contributed by atoms with Crippen molar-refractivity contribution in [1.29, 1.82) is 0 Å². The minimum absolute atomic E-state index is 0.0465. The number of para-hydroxylation sites is 1. The van der Waals surface area contributed by atoms with Crippen LogP contribution in [0.15, 0.2) is 24.3 Å². The third kappa shape index (κ3) is 2.95. The van der Waals surface area contributed by atoms with E-state index in [1.165, 1.54) is 14.2 Å². The SMILES string of the molecule is COCOc1ccccc1C(O)C(=O)OC. The van der Waals surface area contributed by atoms with Gasteiger partial charge >= 0.3 is 5.97 Å². The summed E-state index contributed by atoms with van der Waals surface area (Å²) in [7, 11) is 2.70. The Kier molecular flexibility index (Phi) is 4.75. The Bertz CT molecular complexity index is 350. The van der Waals surface area contributed by atoms with E-state index >= 15 is 0 Å². The van der Waals surface area contributed by atoms with Gasteiger partial charge in [0.2, 0.25) is 0 Å². The summed E-state index contributed by atoms with van der Waals surface area (Å²) in [5, 5.41) is 9.67. The van der Waals surface area contributed by atoms with Gasteiger partial charge in [0.25, 0.3) is 0 Å². The maximum absolute atomic E-state index is 11.2. The normalized spacial score (nSPS) is 11.9. The smallest absolute Gasteiger partial charge is 0.339 e. The molecule has 0 saturated heterocycles. The summed E-state index contributed by atoms with van der Waals surface area (Å²) < 4.78 is 14.4. The van der Waals surface area contributed by atoms with Crippen LogP contribution in [0.2, 0.25) is 0 Å². The number of esters is 1. The zero-order valence-electron chi connectivity index (χ0n) is 9.17. The Hall–Kier alpha value is -1.59. The van der Waals surface area contributed by atoms with Gasteiger partial charge in [-0.1, -0.05) is 18.2 Å². The van der Waals surface area contributed by atoms with E-state index in [9.17, 15) is 9.90 Å². The molecular formula is C11H14O5. The van der Waals surface area contributed by atoms with Crippen LogP contribution in [0.25, 0.3) is 0 Å². The number of ether oxygens (including phenoxy) is 3. The number of hydrogen-bond acceptors (Lipinski definition) is 5. The molecule has 88 valence electrons. The van der Waals surface area contributed by atoms with Crippen molar-refractivity contribution in [2.75, 3.05) is 21.0 Å². The van der Waals surface area contributed by atoms with Crippen LogP contribution < -0.4 is 4.74 Å². The number of hydrogen-bond donors (Lipinski definition) is 1. The van der Waals surface area contributed by atoms with Crippen molar-refractivity contribution in [3.05, 3.63) is 29.8 Å². The fourth-order valence-electron chi connectivity index (χ4n) is 1.20. The molecule has 1 rings (SSSR count). The molecule has 0 saturated carbocycles. The lowest BCUT2D eigenvalue weighted by Gasteiger charge is -2.13. The maximum Gasteiger partial charge on any atom is 0.339 e. The molecule has 5 nitrogen and oxygen atoms in total. The molecule has 1 N–H and O–H groups in total. The molecule has 0 fully saturated rings. The fraction of sp³-hybridized carbons (Fsp3) is 0.364. The summed E-state index contributed by atoms with van der Waals surface area (Å²) in [5.74, 6) is -0.337. The lowest BCUT2D eigenvalue weighted by molar-refractivity contribution is -0.150. The molecule has 0 aliphatic rings. The second kappa shape index (κ2) is 6.09. The maximum atomic E-state index is 11.2. The molecule has 0 aliphatic carbocycles. The molecule has 0 aromatic heterocycles. The zero-order chi connectivity index (χ0) is 12.0. The highest BCUT2D eigenvalue weighted by atomic mass is 16.7. The van der Waals surface area contributed by atoms with Crippen LogP contribution in [0.5, 0.6) is 5.75 Å². The lowest BCUT2D eigenvalue weighted by atomic mass is 10.1. The minimum atomic E-state index is -1.35. The highest BCUT2D eigenvalue weighted by Crippen LogP contribution is 2.25. The van der Waals surface area contributed by atoms with Gasteiger partial charge in [-0.3, -0.25) is 0 Å². The molecule has 1 atom stereocenters. The largest absolute Gasteiger partial charge is 0.467 e. The Morgan fingerprint density at radius 2 is 2.06 bits per heavy atom. The average molecular weight is 226 g/mol. The molecule has 0 bridgehead atoms. The van der Waals surface area contributed by atoms with E-state index in [1.54, 1.807) is 24.3 Å². The van der Waals surface area contributed by atoms with Gasteiger partial charge in [-0.15, -0.1) is 0 Å². The van der Waals surface area contributed by atoms with Crippen molar-refractivity contribution in [3.8, 4) is 5.75 Å². The summed E-state index contributed by atoms with van der Waals surface area (Å²) in [6.45, 7) is 0.0465. The summed E-state index contributed by atoms with van der Waals surface area (Å²) in [6.07, 6.45) is -1.35. The molecule has 0 heterocycles. The van der Waals surface area contributed by atoms with Crippen LogP contribution in [0, 0.1) is 0 Å². The molecule has 1 unspecified atom stereocenters. The third-order valence-electron chi connectivity index (χ3n) is 1.97. The van der Waals surface area contributed by atoms with Crippen molar-refractivity contribution in [3.63, 3.8) is 0 Å². The summed E-state index contributed by atoms with van der Waals surface area (Å²) in [6, 6.07) is 6.66. The van der Waals surface area contributed by atoms with Gasteiger partial charge < -0.3 is 19.3 Å². The predicted molar refractivity (Wildman–Crippen MR) is 55.9 cm³/mol. The number of carbonyl (C=O) groups excluding carboxylic acids is 1. The number of aliphatic hydroxyl groups is 1. The highest BCUT2D eigenvalue weighted by molar-refractivity contribution is 5.77. The topological polar surface area (TPSA) is 65.0 Å². The van der Waals surface area contributed by atoms with E-state index in [-0.39, 0.29) is 6.79 Å². The first-order valence-electron chi connectivity index (χ1n) is 4.67.